The fraction of sp³-hybridized carbons (Fsp3) is 0.381. The molecule has 3 rings (SSSR count). The normalized spacial score (nSPS) is 15.0. The summed E-state index contributed by atoms with van der Waals surface area (Å²) in [5.74, 6) is 6.92. The number of nitrogens with two attached hydrogens (primary N) is 1. The quantitative estimate of drug-likeness (QED) is 0.610. The maximum atomic E-state index is 12.3. The molecule has 0 spiro atoms. The van der Waals surface area contributed by atoms with Crippen molar-refractivity contribution >= 4 is 21.4 Å². The number of anilines is 2. The molecule has 1 saturated carbocycles. The van der Waals surface area contributed by atoms with E-state index in [9.17, 15) is 8.42 Å². The molecule has 0 radical (unpaired) electrons. The summed E-state index contributed by atoms with van der Waals surface area (Å²) < 4.78 is 27.1. The van der Waals surface area contributed by atoms with E-state index < -0.39 is 10.0 Å². The van der Waals surface area contributed by atoms with Crippen molar-refractivity contribution in [1.82, 2.24) is 4.98 Å². The van der Waals surface area contributed by atoms with E-state index in [2.05, 4.69) is 21.5 Å². The molecule has 0 bridgehead atoms. The van der Waals surface area contributed by atoms with Gasteiger partial charge in [0, 0.05) is 12.1 Å². The van der Waals surface area contributed by atoms with Gasteiger partial charge in [-0.1, -0.05) is 43.4 Å². The van der Waals surface area contributed by atoms with E-state index in [1.54, 1.807) is 30.5 Å². The van der Waals surface area contributed by atoms with Crippen LogP contribution in [0.5, 0.6) is 0 Å². The summed E-state index contributed by atoms with van der Waals surface area (Å²) in [4.78, 5) is 4.35. The first kappa shape index (κ1) is 19.2. The number of nitrogen functional groups attached to an aromatic ring is 1. The Hall–Kier alpha value is -2.52. The molecule has 1 fully saturated rings. The molecule has 6 heteroatoms. The van der Waals surface area contributed by atoms with Crippen molar-refractivity contribution < 1.29 is 8.42 Å². The second-order valence-electron chi connectivity index (χ2n) is 6.91. The molecular weight excluding hydrogens is 358 g/mol. The van der Waals surface area contributed by atoms with Crippen LogP contribution in [0.15, 0.2) is 42.6 Å². The zero-order valence-electron chi connectivity index (χ0n) is 15.3. The molecule has 1 aromatic heterocycles. The number of para-hydroxylation sites is 2. The van der Waals surface area contributed by atoms with Crippen molar-refractivity contribution in [3.05, 3.63) is 53.9 Å². The summed E-state index contributed by atoms with van der Waals surface area (Å²) in [6.45, 7) is 0. The van der Waals surface area contributed by atoms with Crippen LogP contribution in [0.2, 0.25) is 0 Å². The molecule has 1 aliphatic rings. The van der Waals surface area contributed by atoms with E-state index >= 15 is 0 Å². The molecule has 0 amide bonds. The van der Waals surface area contributed by atoms with E-state index in [1.807, 2.05) is 12.1 Å². The van der Waals surface area contributed by atoms with Gasteiger partial charge < -0.3 is 5.73 Å². The highest BCUT2D eigenvalue weighted by Crippen LogP contribution is 2.22. The molecule has 0 unspecified atom stereocenters. The maximum absolute atomic E-state index is 12.3. The van der Waals surface area contributed by atoms with Crippen LogP contribution in [0.1, 0.15) is 43.4 Å². The minimum Gasteiger partial charge on any atom is -0.397 e. The van der Waals surface area contributed by atoms with Crippen LogP contribution in [0.4, 0.5) is 11.4 Å². The molecule has 2 aromatic rings. The Morgan fingerprint density at radius 1 is 1.11 bits per heavy atom. The SMILES string of the molecule is Nc1ccccc1NS(=O)(=O)CCc1ccc(C#CC2CCCCC2)nc1. The van der Waals surface area contributed by atoms with Gasteiger partial charge in [-0.3, -0.25) is 4.72 Å². The van der Waals surface area contributed by atoms with E-state index in [0.717, 1.165) is 11.3 Å². The van der Waals surface area contributed by atoms with Crippen LogP contribution in [-0.2, 0) is 16.4 Å². The lowest BCUT2D eigenvalue weighted by molar-refractivity contribution is 0.430. The lowest BCUT2D eigenvalue weighted by Crippen LogP contribution is -2.19. The molecular formula is C21H25N3O2S. The number of sulfonamides is 1. The molecule has 0 saturated heterocycles. The fourth-order valence-electron chi connectivity index (χ4n) is 3.13. The first-order valence-electron chi connectivity index (χ1n) is 9.33. The van der Waals surface area contributed by atoms with Crippen molar-refractivity contribution in [1.29, 1.82) is 0 Å². The number of aryl methyl sites for hydroxylation is 1. The van der Waals surface area contributed by atoms with E-state index in [0.29, 0.717) is 23.7 Å². The van der Waals surface area contributed by atoms with Crippen LogP contribution >= 0.6 is 0 Å². The van der Waals surface area contributed by atoms with E-state index in [1.165, 1.54) is 32.1 Å². The van der Waals surface area contributed by atoms with Crippen LogP contribution in [-0.4, -0.2) is 19.2 Å². The fourth-order valence-corrected chi connectivity index (χ4v) is 4.26. The summed E-state index contributed by atoms with van der Waals surface area (Å²) in [5, 5.41) is 0. The van der Waals surface area contributed by atoms with Crippen molar-refractivity contribution in [3.63, 3.8) is 0 Å². The first-order valence-corrected chi connectivity index (χ1v) is 11.0. The molecule has 1 heterocycles. The summed E-state index contributed by atoms with van der Waals surface area (Å²) >= 11 is 0. The first-order chi connectivity index (χ1) is 13.0. The minimum absolute atomic E-state index is 0.0316. The monoisotopic (exact) mass is 383 g/mol. The Morgan fingerprint density at radius 3 is 2.59 bits per heavy atom. The molecule has 0 aliphatic heterocycles. The van der Waals surface area contributed by atoms with E-state index in [-0.39, 0.29) is 5.75 Å². The smallest absolute Gasteiger partial charge is 0.233 e. The molecule has 0 atom stereocenters. The highest BCUT2D eigenvalue weighted by atomic mass is 32.2. The van der Waals surface area contributed by atoms with Gasteiger partial charge in [0.1, 0.15) is 5.69 Å². The van der Waals surface area contributed by atoms with Gasteiger partial charge in [0.05, 0.1) is 17.1 Å². The number of hydrogen-bond donors (Lipinski definition) is 2. The number of nitrogens with zero attached hydrogens (tertiary/aromatic N) is 1. The Kier molecular flexibility index (Phi) is 6.36. The van der Waals surface area contributed by atoms with Crippen LogP contribution in [0.25, 0.3) is 0 Å². The topological polar surface area (TPSA) is 85.1 Å². The molecule has 142 valence electrons. The van der Waals surface area contributed by atoms with Crippen molar-refractivity contribution in [3.8, 4) is 11.8 Å². The third-order valence-corrected chi connectivity index (χ3v) is 5.99. The number of rotatable bonds is 5. The molecule has 1 aliphatic carbocycles. The Bertz CT molecular complexity index is 922. The number of aromatic nitrogens is 1. The summed E-state index contributed by atoms with van der Waals surface area (Å²) in [6, 6.07) is 10.6. The van der Waals surface area contributed by atoms with Gasteiger partial charge >= 0.3 is 0 Å². The molecule has 27 heavy (non-hydrogen) atoms. The lowest BCUT2D eigenvalue weighted by Gasteiger charge is -2.15. The van der Waals surface area contributed by atoms with Crippen molar-refractivity contribution in [2.24, 2.45) is 5.92 Å². The van der Waals surface area contributed by atoms with E-state index in [4.69, 9.17) is 5.73 Å². The summed E-state index contributed by atoms with van der Waals surface area (Å²) in [5.41, 5.74) is 8.20. The third kappa shape index (κ3) is 6.00. The third-order valence-electron chi connectivity index (χ3n) is 4.72. The zero-order chi connectivity index (χ0) is 19.1. The summed E-state index contributed by atoms with van der Waals surface area (Å²) in [7, 11) is -3.48. The van der Waals surface area contributed by atoms with Crippen LogP contribution in [0, 0.1) is 17.8 Å². The van der Waals surface area contributed by atoms with Gasteiger partial charge in [-0.15, -0.1) is 0 Å². The predicted molar refractivity (Wildman–Crippen MR) is 110 cm³/mol. The largest absolute Gasteiger partial charge is 0.397 e. The number of hydrogen-bond acceptors (Lipinski definition) is 4. The minimum atomic E-state index is -3.48. The highest BCUT2D eigenvalue weighted by molar-refractivity contribution is 7.92. The van der Waals surface area contributed by atoms with Crippen LogP contribution in [0.3, 0.4) is 0 Å². The lowest BCUT2D eigenvalue weighted by atomic mass is 9.90. The number of nitrogens with one attached hydrogen (secondary N) is 1. The standard InChI is InChI=1S/C21H25N3O2S/c22-20-8-4-5-9-21(20)24-27(25,26)15-14-18-11-13-19(23-16-18)12-10-17-6-2-1-3-7-17/h4-5,8-9,11,13,16-17,24H,1-3,6-7,14-15,22H2. The second-order valence-corrected chi connectivity index (χ2v) is 8.76. The van der Waals surface area contributed by atoms with Gasteiger partial charge in [0.25, 0.3) is 0 Å². The van der Waals surface area contributed by atoms with Gasteiger partial charge in [-0.05, 0) is 48.9 Å². The predicted octanol–water partition coefficient (Wildman–Crippen LogP) is 3.58. The Labute approximate surface area is 161 Å². The maximum Gasteiger partial charge on any atom is 0.233 e. The van der Waals surface area contributed by atoms with Crippen LogP contribution < -0.4 is 10.5 Å². The zero-order valence-corrected chi connectivity index (χ0v) is 16.1. The number of benzene rings is 1. The van der Waals surface area contributed by atoms with Gasteiger partial charge in [-0.2, -0.15) is 0 Å². The highest BCUT2D eigenvalue weighted by Gasteiger charge is 2.13. The summed E-state index contributed by atoms with van der Waals surface area (Å²) in [6.07, 6.45) is 8.30. The van der Waals surface area contributed by atoms with Gasteiger partial charge in [0.15, 0.2) is 0 Å². The molecule has 1 aromatic carbocycles. The number of pyridine rings is 1. The average Bonchev–Trinajstić information content (AvgIpc) is 2.68. The Balaban J connectivity index is 1.55. The Morgan fingerprint density at radius 2 is 1.89 bits per heavy atom. The average molecular weight is 384 g/mol. The molecule has 5 nitrogen and oxygen atoms in total. The molecule has 3 N–H and O–H groups in total. The second kappa shape index (κ2) is 8.92. The van der Waals surface area contributed by atoms with Crippen molar-refractivity contribution in [2.75, 3.05) is 16.2 Å². The van der Waals surface area contributed by atoms with Gasteiger partial charge in [-0.25, -0.2) is 13.4 Å². The van der Waals surface area contributed by atoms with Gasteiger partial charge in [0.2, 0.25) is 10.0 Å². The van der Waals surface area contributed by atoms with Crippen molar-refractivity contribution in [2.45, 2.75) is 38.5 Å².